The Morgan fingerprint density at radius 3 is 2.58 bits per heavy atom. The zero-order valence-corrected chi connectivity index (χ0v) is 19.8. The molecule has 0 spiro atoms. The Balaban J connectivity index is 1.85. The van der Waals surface area contributed by atoms with Crippen molar-refractivity contribution in [2.45, 2.75) is 19.9 Å². The zero-order valence-electron chi connectivity index (χ0n) is 18.0. The van der Waals surface area contributed by atoms with Gasteiger partial charge < -0.3 is 5.32 Å². The molecule has 3 aromatic heterocycles. The molecule has 1 N–H and O–H groups in total. The van der Waals surface area contributed by atoms with Gasteiger partial charge in [0.05, 0.1) is 45.0 Å². The minimum absolute atomic E-state index is 0.121. The van der Waals surface area contributed by atoms with E-state index >= 15 is 0 Å². The van der Waals surface area contributed by atoms with Crippen molar-refractivity contribution in [2.75, 3.05) is 12.0 Å². The number of nitrogens with zero attached hydrogens (tertiary/aromatic N) is 4. The van der Waals surface area contributed by atoms with Gasteiger partial charge in [0, 0.05) is 23.4 Å². The summed E-state index contributed by atoms with van der Waals surface area (Å²) in [5.41, 5.74) is 3.77. The largest absolute Gasteiger partial charge is 0.375 e. The lowest BCUT2D eigenvalue weighted by Gasteiger charge is -2.20. The highest BCUT2D eigenvalue weighted by molar-refractivity contribution is 7.45. The van der Waals surface area contributed by atoms with Crippen LogP contribution in [-0.4, -0.2) is 21.6 Å². The van der Waals surface area contributed by atoms with E-state index in [0.29, 0.717) is 52.7 Å². The first-order valence-electron chi connectivity index (χ1n) is 10.1. The van der Waals surface area contributed by atoms with Crippen LogP contribution in [-0.2, 0) is 0 Å². The van der Waals surface area contributed by atoms with Crippen molar-refractivity contribution in [1.29, 1.82) is 5.26 Å². The zero-order chi connectivity index (χ0) is 23.7. The Bertz CT molecular complexity index is 1400. The van der Waals surface area contributed by atoms with Crippen molar-refractivity contribution in [3.8, 4) is 17.3 Å². The number of nitrogens with one attached hydrogen (secondary N) is 1. The highest BCUT2D eigenvalue weighted by Crippen LogP contribution is 2.36. The van der Waals surface area contributed by atoms with Crippen LogP contribution in [0.3, 0.4) is 0 Å². The smallest absolute Gasteiger partial charge is 0.151 e. The van der Waals surface area contributed by atoms with Gasteiger partial charge in [-0.2, -0.15) is 5.26 Å². The Labute approximate surface area is 196 Å². The average Bonchev–Trinajstić information content (AvgIpc) is 2.82. The van der Waals surface area contributed by atoms with Crippen molar-refractivity contribution < 1.29 is 8.78 Å². The Morgan fingerprint density at radius 2 is 1.91 bits per heavy atom. The van der Waals surface area contributed by atoms with Crippen LogP contribution in [0.4, 0.5) is 14.5 Å². The Hall–Kier alpha value is -3.20. The topological polar surface area (TPSA) is 74.5 Å². The van der Waals surface area contributed by atoms with Crippen LogP contribution < -0.4 is 10.8 Å². The summed E-state index contributed by atoms with van der Waals surface area (Å²) in [7, 11) is 0.528. The van der Waals surface area contributed by atoms with Crippen LogP contribution in [0.25, 0.3) is 22.3 Å². The van der Waals surface area contributed by atoms with Gasteiger partial charge >= 0.3 is 0 Å². The molecule has 0 bridgehead atoms. The maximum Gasteiger partial charge on any atom is 0.151 e. The van der Waals surface area contributed by atoms with Crippen LogP contribution in [0.5, 0.6) is 0 Å². The molecule has 4 rings (SSSR count). The predicted molar refractivity (Wildman–Crippen MR) is 129 cm³/mol. The molecule has 1 aromatic carbocycles. The summed E-state index contributed by atoms with van der Waals surface area (Å²) in [6.07, 6.45) is 1.59. The van der Waals surface area contributed by atoms with Gasteiger partial charge in [-0.25, -0.2) is 18.7 Å². The molecule has 0 aliphatic carbocycles. The molecule has 2 atom stereocenters. The van der Waals surface area contributed by atoms with Crippen molar-refractivity contribution >= 4 is 42.3 Å². The standard InChI is InChI=1S/C24H19ClF2N5P/c1-12(16-8-14(10-28)4-6-17(16)26)31-24-21(25)13(2)30-19-9-18(27)22(32-23(19)24)15-5-7-20(33-3)29-11-15/h4-9,11-12,33H,1-3H3,(H,30,31)/t12-/m1/s1. The van der Waals surface area contributed by atoms with Crippen LogP contribution in [0.1, 0.15) is 29.8 Å². The number of hydrogen-bond donors (Lipinski definition) is 1. The third kappa shape index (κ3) is 4.50. The fourth-order valence-electron chi connectivity index (χ4n) is 3.52. The molecule has 4 aromatic rings. The third-order valence-corrected chi connectivity index (χ3v) is 6.53. The molecular weight excluding hydrogens is 463 g/mol. The molecule has 0 amide bonds. The van der Waals surface area contributed by atoms with E-state index < -0.39 is 17.7 Å². The first-order valence-corrected chi connectivity index (χ1v) is 12.0. The lowest BCUT2D eigenvalue weighted by atomic mass is 10.0. The quantitative estimate of drug-likeness (QED) is 0.359. The maximum atomic E-state index is 15.0. The molecule has 0 saturated heterocycles. The monoisotopic (exact) mass is 481 g/mol. The van der Waals surface area contributed by atoms with E-state index in [-0.39, 0.29) is 5.69 Å². The first kappa shape index (κ1) is 23.0. The first-order chi connectivity index (χ1) is 15.8. The van der Waals surface area contributed by atoms with Crippen molar-refractivity contribution in [3.63, 3.8) is 0 Å². The molecule has 0 aliphatic rings. The highest BCUT2D eigenvalue weighted by atomic mass is 35.5. The molecule has 0 aliphatic heterocycles. The minimum atomic E-state index is -0.553. The van der Waals surface area contributed by atoms with E-state index in [1.165, 1.54) is 24.3 Å². The number of fused-ring (bicyclic) bond motifs is 1. The summed E-state index contributed by atoms with van der Waals surface area (Å²) in [4.78, 5) is 13.3. The SMILES string of the molecule is CPc1ccc(-c2nc3c(N[C@H](C)c4cc(C#N)ccc4F)c(Cl)c(C)nc3cc2F)cn1. The number of halogens is 3. The van der Waals surface area contributed by atoms with Gasteiger partial charge in [-0.3, -0.25) is 4.98 Å². The van der Waals surface area contributed by atoms with Gasteiger partial charge in [-0.15, -0.1) is 0 Å². The number of aryl methyl sites for hydroxylation is 1. The van der Waals surface area contributed by atoms with E-state index in [2.05, 4.69) is 20.3 Å². The van der Waals surface area contributed by atoms with E-state index in [1.807, 2.05) is 18.8 Å². The van der Waals surface area contributed by atoms with Gasteiger partial charge in [-0.1, -0.05) is 20.2 Å². The van der Waals surface area contributed by atoms with Gasteiger partial charge in [0.2, 0.25) is 0 Å². The molecule has 33 heavy (non-hydrogen) atoms. The summed E-state index contributed by atoms with van der Waals surface area (Å²) >= 11 is 6.56. The number of nitriles is 1. The molecule has 0 radical (unpaired) electrons. The minimum Gasteiger partial charge on any atom is -0.375 e. The molecule has 3 heterocycles. The molecule has 0 fully saturated rings. The van der Waals surface area contributed by atoms with Crippen LogP contribution in [0.15, 0.2) is 42.6 Å². The second-order valence-electron chi connectivity index (χ2n) is 7.47. The molecule has 1 unspecified atom stereocenters. The van der Waals surface area contributed by atoms with E-state index in [1.54, 1.807) is 26.1 Å². The summed E-state index contributed by atoms with van der Waals surface area (Å²) < 4.78 is 29.4. The summed E-state index contributed by atoms with van der Waals surface area (Å²) in [5.74, 6) is -0.986. The van der Waals surface area contributed by atoms with Crippen molar-refractivity contribution in [2.24, 2.45) is 0 Å². The Morgan fingerprint density at radius 1 is 1.12 bits per heavy atom. The summed E-state index contributed by atoms with van der Waals surface area (Å²) in [5, 5.41) is 12.7. The van der Waals surface area contributed by atoms with Gasteiger partial charge in [0.1, 0.15) is 17.0 Å². The lowest BCUT2D eigenvalue weighted by molar-refractivity contribution is 0.600. The summed E-state index contributed by atoms with van der Waals surface area (Å²) in [6.45, 7) is 5.46. The average molecular weight is 482 g/mol. The lowest BCUT2D eigenvalue weighted by Crippen LogP contribution is -2.11. The second-order valence-corrected chi connectivity index (χ2v) is 8.86. The van der Waals surface area contributed by atoms with Crippen LogP contribution >= 0.6 is 20.2 Å². The molecule has 166 valence electrons. The van der Waals surface area contributed by atoms with E-state index in [9.17, 15) is 14.0 Å². The predicted octanol–water partition coefficient (Wildman–Crippen LogP) is 5.91. The normalized spacial score (nSPS) is 12.3. The van der Waals surface area contributed by atoms with Gasteiger partial charge in [0.15, 0.2) is 5.82 Å². The van der Waals surface area contributed by atoms with Crippen molar-refractivity contribution in [1.82, 2.24) is 15.0 Å². The summed E-state index contributed by atoms with van der Waals surface area (Å²) in [6, 6.07) is 10.5. The molecular formula is C24H19ClF2N5P. The highest BCUT2D eigenvalue weighted by Gasteiger charge is 2.20. The number of pyridine rings is 3. The number of benzene rings is 1. The van der Waals surface area contributed by atoms with Gasteiger partial charge in [-0.05, 0) is 50.8 Å². The fraction of sp³-hybridized carbons (Fsp3) is 0.167. The molecule has 9 heteroatoms. The molecule has 0 saturated carbocycles. The number of rotatable bonds is 5. The Kier molecular flexibility index (Phi) is 6.51. The van der Waals surface area contributed by atoms with Gasteiger partial charge in [0.25, 0.3) is 0 Å². The van der Waals surface area contributed by atoms with E-state index in [0.717, 1.165) is 5.44 Å². The third-order valence-electron chi connectivity index (χ3n) is 5.26. The number of hydrogen-bond acceptors (Lipinski definition) is 5. The fourth-order valence-corrected chi connectivity index (χ4v) is 4.15. The van der Waals surface area contributed by atoms with E-state index in [4.69, 9.17) is 11.6 Å². The maximum absolute atomic E-state index is 15.0. The second kappa shape index (κ2) is 9.35. The van der Waals surface area contributed by atoms with Crippen LogP contribution in [0.2, 0.25) is 5.02 Å². The van der Waals surface area contributed by atoms with Crippen LogP contribution in [0, 0.1) is 29.9 Å². The van der Waals surface area contributed by atoms with Crippen molar-refractivity contribution in [3.05, 3.63) is 76.1 Å². The number of aromatic nitrogens is 3. The molecule has 5 nitrogen and oxygen atoms in total. The number of anilines is 1.